The summed E-state index contributed by atoms with van der Waals surface area (Å²) in [7, 11) is 0. The molecule has 0 saturated heterocycles. The lowest BCUT2D eigenvalue weighted by Gasteiger charge is -1.99. The summed E-state index contributed by atoms with van der Waals surface area (Å²) >= 11 is 1.86. The zero-order valence-corrected chi connectivity index (χ0v) is 12.7. The molecule has 0 atom stereocenters. The van der Waals surface area contributed by atoms with Gasteiger partial charge in [0.05, 0.1) is 5.52 Å². The standard InChI is InChI=1S/C20H13NS/c1-4-11-18-13(6-1)12-19(22-18)16-9-5-8-15-14-7-2-3-10-17(14)21-20(15)16/h1-12,21H. The molecule has 0 fully saturated rings. The highest BCUT2D eigenvalue weighted by Crippen LogP contribution is 2.38. The molecule has 2 aromatic heterocycles. The van der Waals surface area contributed by atoms with Gasteiger partial charge in [-0.3, -0.25) is 0 Å². The fourth-order valence-electron chi connectivity index (χ4n) is 3.19. The van der Waals surface area contributed by atoms with E-state index in [1.165, 1.54) is 42.3 Å². The van der Waals surface area contributed by atoms with Crippen molar-refractivity contribution in [2.45, 2.75) is 0 Å². The Morgan fingerprint density at radius 2 is 1.55 bits per heavy atom. The van der Waals surface area contributed by atoms with Crippen LogP contribution in [-0.4, -0.2) is 4.98 Å². The Kier molecular flexibility index (Phi) is 2.43. The first-order chi connectivity index (χ1) is 10.9. The minimum atomic E-state index is 1.20. The number of hydrogen-bond donors (Lipinski definition) is 1. The third kappa shape index (κ3) is 1.65. The normalized spacial score (nSPS) is 11.6. The number of para-hydroxylation sites is 2. The van der Waals surface area contributed by atoms with Gasteiger partial charge in [-0.05, 0) is 23.6 Å². The number of aromatic amines is 1. The van der Waals surface area contributed by atoms with Gasteiger partial charge < -0.3 is 4.98 Å². The highest BCUT2D eigenvalue weighted by atomic mass is 32.1. The van der Waals surface area contributed by atoms with Gasteiger partial charge in [-0.25, -0.2) is 0 Å². The molecule has 0 unspecified atom stereocenters. The molecule has 104 valence electrons. The molecule has 1 N–H and O–H groups in total. The van der Waals surface area contributed by atoms with Crippen molar-refractivity contribution in [1.29, 1.82) is 0 Å². The maximum Gasteiger partial charge on any atom is 0.0552 e. The number of nitrogens with one attached hydrogen (secondary N) is 1. The predicted molar refractivity (Wildman–Crippen MR) is 96.6 cm³/mol. The highest BCUT2D eigenvalue weighted by Gasteiger charge is 2.11. The van der Waals surface area contributed by atoms with Gasteiger partial charge in [-0.2, -0.15) is 0 Å². The molecule has 2 heterocycles. The Morgan fingerprint density at radius 1 is 0.727 bits per heavy atom. The van der Waals surface area contributed by atoms with E-state index in [0.29, 0.717) is 0 Å². The molecule has 5 rings (SSSR count). The monoisotopic (exact) mass is 299 g/mol. The summed E-state index contributed by atoms with van der Waals surface area (Å²) in [5.41, 5.74) is 3.72. The summed E-state index contributed by atoms with van der Waals surface area (Å²) in [6, 6.07) is 25.9. The van der Waals surface area contributed by atoms with Crippen LogP contribution < -0.4 is 0 Å². The van der Waals surface area contributed by atoms with Crippen LogP contribution in [0.4, 0.5) is 0 Å². The number of fused-ring (bicyclic) bond motifs is 4. The first-order valence-corrected chi connectivity index (χ1v) is 8.20. The number of thiophene rings is 1. The van der Waals surface area contributed by atoms with E-state index in [-0.39, 0.29) is 0 Å². The Hall–Kier alpha value is -2.58. The van der Waals surface area contributed by atoms with Gasteiger partial charge in [0.15, 0.2) is 0 Å². The van der Waals surface area contributed by atoms with Crippen molar-refractivity contribution in [2.75, 3.05) is 0 Å². The summed E-state index contributed by atoms with van der Waals surface area (Å²) in [6.45, 7) is 0. The van der Waals surface area contributed by atoms with Gasteiger partial charge in [0.2, 0.25) is 0 Å². The maximum atomic E-state index is 3.60. The topological polar surface area (TPSA) is 15.8 Å². The van der Waals surface area contributed by atoms with E-state index < -0.39 is 0 Å². The van der Waals surface area contributed by atoms with Crippen molar-refractivity contribution in [3.05, 3.63) is 72.8 Å². The fraction of sp³-hybridized carbons (Fsp3) is 0. The van der Waals surface area contributed by atoms with Crippen LogP contribution in [0.5, 0.6) is 0 Å². The number of hydrogen-bond acceptors (Lipinski definition) is 1. The van der Waals surface area contributed by atoms with E-state index in [1.807, 2.05) is 11.3 Å². The lowest BCUT2D eigenvalue weighted by molar-refractivity contribution is 1.55. The van der Waals surface area contributed by atoms with Crippen LogP contribution in [0.25, 0.3) is 42.3 Å². The van der Waals surface area contributed by atoms with Crippen molar-refractivity contribution >= 4 is 43.2 Å². The van der Waals surface area contributed by atoms with E-state index >= 15 is 0 Å². The second kappa shape index (κ2) is 4.46. The second-order valence-corrected chi connectivity index (χ2v) is 6.63. The quantitative estimate of drug-likeness (QED) is 0.379. The molecule has 0 aliphatic heterocycles. The molecule has 3 aromatic carbocycles. The van der Waals surface area contributed by atoms with E-state index in [1.54, 1.807) is 0 Å². The molecular weight excluding hydrogens is 286 g/mol. The lowest BCUT2D eigenvalue weighted by atomic mass is 10.1. The lowest BCUT2D eigenvalue weighted by Crippen LogP contribution is -1.75. The minimum absolute atomic E-state index is 1.20. The molecule has 22 heavy (non-hydrogen) atoms. The average Bonchev–Trinajstić information content (AvgIpc) is 3.15. The molecule has 0 spiro atoms. The van der Waals surface area contributed by atoms with Crippen molar-refractivity contribution in [1.82, 2.24) is 4.98 Å². The van der Waals surface area contributed by atoms with Crippen LogP contribution in [-0.2, 0) is 0 Å². The summed E-state index contributed by atoms with van der Waals surface area (Å²) in [4.78, 5) is 4.91. The zero-order valence-electron chi connectivity index (χ0n) is 11.8. The molecule has 1 nitrogen and oxygen atoms in total. The Balaban J connectivity index is 1.87. The van der Waals surface area contributed by atoms with Crippen LogP contribution >= 0.6 is 11.3 Å². The predicted octanol–water partition coefficient (Wildman–Crippen LogP) is 6.20. The van der Waals surface area contributed by atoms with E-state index in [0.717, 1.165) is 0 Å². The molecule has 0 aliphatic carbocycles. The summed E-state index contributed by atoms with van der Waals surface area (Å²) in [6.07, 6.45) is 0. The third-order valence-corrected chi connectivity index (χ3v) is 5.38. The van der Waals surface area contributed by atoms with Crippen LogP contribution in [0.3, 0.4) is 0 Å². The smallest absolute Gasteiger partial charge is 0.0552 e. The van der Waals surface area contributed by atoms with Gasteiger partial charge >= 0.3 is 0 Å². The average molecular weight is 299 g/mol. The van der Waals surface area contributed by atoms with E-state index in [9.17, 15) is 0 Å². The van der Waals surface area contributed by atoms with E-state index in [2.05, 4.69) is 77.8 Å². The molecule has 2 heteroatoms. The van der Waals surface area contributed by atoms with Gasteiger partial charge in [0.1, 0.15) is 0 Å². The fourth-order valence-corrected chi connectivity index (χ4v) is 4.29. The van der Waals surface area contributed by atoms with Crippen molar-refractivity contribution in [3.63, 3.8) is 0 Å². The Bertz CT molecular complexity index is 1100. The highest BCUT2D eigenvalue weighted by molar-refractivity contribution is 7.22. The maximum absolute atomic E-state index is 3.60. The number of rotatable bonds is 1. The number of aromatic nitrogens is 1. The molecule has 0 amide bonds. The molecule has 0 saturated carbocycles. The molecular formula is C20H13NS. The number of benzene rings is 3. The van der Waals surface area contributed by atoms with Crippen LogP contribution in [0, 0.1) is 0 Å². The number of H-pyrrole nitrogens is 1. The van der Waals surface area contributed by atoms with Crippen molar-refractivity contribution < 1.29 is 0 Å². The van der Waals surface area contributed by atoms with Gasteiger partial charge in [0, 0.05) is 31.4 Å². The van der Waals surface area contributed by atoms with Gasteiger partial charge in [0.25, 0.3) is 0 Å². The summed E-state index contributed by atoms with van der Waals surface area (Å²) in [5, 5.41) is 3.90. The Morgan fingerprint density at radius 3 is 2.50 bits per heavy atom. The van der Waals surface area contributed by atoms with Crippen molar-refractivity contribution in [3.8, 4) is 10.4 Å². The minimum Gasteiger partial charge on any atom is -0.354 e. The largest absolute Gasteiger partial charge is 0.354 e. The SMILES string of the molecule is c1ccc2sc(-c3cccc4c3[nH]c3ccccc34)cc2c1. The molecule has 0 aliphatic rings. The van der Waals surface area contributed by atoms with E-state index in [4.69, 9.17) is 0 Å². The van der Waals surface area contributed by atoms with Crippen LogP contribution in [0.2, 0.25) is 0 Å². The van der Waals surface area contributed by atoms with Crippen LogP contribution in [0.15, 0.2) is 72.8 Å². The first-order valence-electron chi connectivity index (χ1n) is 7.38. The third-order valence-electron chi connectivity index (χ3n) is 4.23. The second-order valence-electron chi connectivity index (χ2n) is 5.55. The summed E-state index contributed by atoms with van der Waals surface area (Å²) < 4.78 is 1.34. The van der Waals surface area contributed by atoms with Gasteiger partial charge in [-0.15, -0.1) is 11.3 Å². The molecule has 5 aromatic rings. The Labute approximate surface area is 131 Å². The van der Waals surface area contributed by atoms with Crippen LogP contribution in [0.1, 0.15) is 0 Å². The summed E-state index contributed by atoms with van der Waals surface area (Å²) in [5.74, 6) is 0. The first kappa shape index (κ1) is 12.0. The molecule has 0 bridgehead atoms. The molecule has 0 radical (unpaired) electrons. The zero-order chi connectivity index (χ0) is 14.5. The van der Waals surface area contributed by atoms with Crippen molar-refractivity contribution in [2.24, 2.45) is 0 Å². The van der Waals surface area contributed by atoms with Gasteiger partial charge in [-0.1, -0.05) is 54.6 Å².